The van der Waals surface area contributed by atoms with Crippen LogP contribution in [0.25, 0.3) is 0 Å². The Bertz CT molecular complexity index is 371. The fourth-order valence-corrected chi connectivity index (χ4v) is 2.91. The Hall–Kier alpha value is -0.000000000000000111. The molecule has 0 bridgehead atoms. The minimum Gasteiger partial charge on any atom is -0.280 e. The van der Waals surface area contributed by atoms with Gasteiger partial charge < -0.3 is 0 Å². The van der Waals surface area contributed by atoms with Gasteiger partial charge in [-0.15, -0.1) is 11.8 Å². The first-order valence-electron chi connectivity index (χ1n) is 5.15. The van der Waals surface area contributed by atoms with Gasteiger partial charge in [0.2, 0.25) is 5.12 Å². The normalized spacial score (nSPS) is 10.4. The molecule has 0 saturated heterocycles. The highest BCUT2D eigenvalue weighted by Crippen LogP contribution is 2.26. The molecule has 88 valence electrons. The highest BCUT2D eigenvalue weighted by atomic mass is 79.9. The van der Waals surface area contributed by atoms with Crippen LogP contribution in [0.2, 0.25) is 0 Å². The molecule has 0 aliphatic carbocycles. The molecule has 1 aromatic heterocycles. The predicted molar refractivity (Wildman–Crippen MR) is 75.4 cm³/mol. The molecule has 0 N–H and O–H groups in total. The average molecular weight is 320 g/mol. The van der Waals surface area contributed by atoms with Crippen molar-refractivity contribution < 1.29 is 4.79 Å². The SMILES string of the molecule is CCCSC(=O)c1nc(Br)ccc1SCC. The average Bonchev–Trinajstić information content (AvgIpc) is 2.28. The minimum atomic E-state index is 0.0686. The van der Waals surface area contributed by atoms with Crippen LogP contribution in [-0.2, 0) is 0 Å². The maximum atomic E-state index is 11.9. The van der Waals surface area contributed by atoms with Crippen molar-refractivity contribution in [3.63, 3.8) is 0 Å². The van der Waals surface area contributed by atoms with Crippen molar-refractivity contribution in [2.75, 3.05) is 11.5 Å². The standard InChI is InChI=1S/C11H14BrNOS2/c1-3-7-16-11(14)10-8(15-4-2)5-6-9(12)13-10/h5-6H,3-4,7H2,1-2H3. The Morgan fingerprint density at radius 2 is 2.19 bits per heavy atom. The maximum absolute atomic E-state index is 11.9. The summed E-state index contributed by atoms with van der Waals surface area (Å²) in [6.45, 7) is 4.14. The van der Waals surface area contributed by atoms with Crippen LogP contribution in [0.4, 0.5) is 0 Å². The molecule has 0 amide bonds. The van der Waals surface area contributed by atoms with E-state index in [2.05, 4.69) is 34.8 Å². The van der Waals surface area contributed by atoms with Gasteiger partial charge in [-0.3, -0.25) is 4.79 Å². The number of rotatable bonds is 5. The van der Waals surface area contributed by atoms with Gasteiger partial charge in [0.1, 0.15) is 10.3 Å². The van der Waals surface area contributed by atoms with E-state index in [9.17, 15) is 4.79 Å². The molecule has 0 aliphatic heterocycles. The third-order valence-electron chi connectivity index (χ3n) is 1.75. The van der Waals surface area contributed by atoms with Crippen LogP contribution in [0.5, 0.6) is 0 Å². The summed E-state index contributed by atoms with van der Waals surface area (Å²) in [5.74, 6) is 1.80. The van der Waals surface area contributed by atoms with Crippen molar-refractivity contribution in [1.29, 1.82) is 0 Å². The van der Waals surface area contributed by atoms with E-state index in [1.807, 2.05) is 12.1 Å². The molecule has 0 spiro atoms. The quantitative estimate of drug-likeness (QED) is 0.599. The third-order valence-corrected chi connectivity index (χ3v) is 4.19. The molecule has 2 nitrogen and oxygen atoms in total. The van der Waals surface area contributed by atoms with Crippen molar-refractivity contribution in [1.82, 2.24) is 4.98 Å². The zero-order valence-electron chi connectivity index (χ0n) is 9.33. The Labute approximate surface area is 113 Å². The summed E-state index contributed by atoms with van der Waals surface area (Å²) in [5.41, 5.74) is 0.583. The van der Waals surface area contributed by atoms with Crippen molar-refractivity contribution in [3.05, 3.63) is 22.4 Å². The molecule has 0 fully saturated rings. The van der Waals surface area contributed by atoms with Crippen LogP contribution in [0.15, 0.2) is 21.6 Å². The van der Waals surface area contributed by atoms with Gasteiger partial charge in [-0.05, 0) is 40.2 Å². The Morgan fingerprint density at radius 3 is 2.81 bits per heavy atom. The summed E-state index contributed by atoms with van der Waals surface area (Å²) in [4.78, 5) is 17.2. The van der Waals surface area contributed by atoms with Gasteiger partial charge >= 0.3 is 0 Å². The molecule has 5 heteroatoms. The lowest BCUT2D eigenvalue weighted by Crippen LogP contribution is -2.01. The first-order valence-corrected chi connectivity index (χ1v) is 7.92. The lowest BCUT2D eigenvalue weighted by Gasteiger charge is -2.06. The fraction of sp³-hybridized carbons (Fsp3) is 0.455. The van der Waals surface area contributed by atoms with Crippen LogP contribution < -0.4 is 0 Å². The molecule has 0 radical (unpaired) electrons. The Kier molecular flexibility index (Phi) is 6.46. The molecule has 0 saturated carbocycles. The van der Waals surface area contributed by atoms with Gasteiger partial charge in [-0.25, -0.2) is 4.98 Å². The van der Waals surface area contributed by atoms with E-state index in [4.69, 9.17) is 0 Å². The molecular formula is C11H14BrNOS2. The van der Waals surface area contributed by atoms with Crippen molar-refractivity contribution in [3.8, 4) is 0 Å². The van der Waals surface area contributed by atoms with Crippen LogP contribution in [0.3, 0.4) is 0 Å². The summed E-state index contributed by atoms with van der Waals surface area (Å²) in [6.07, 6.45) is 1.00. The summed E-state index contributed by atoms with van der Waals surface area (Å²) in [7, 11) is 0. The van der Waals surface area contributed by atoms with E-state index < -0.39 is 0 Å². The summed E-state index contributed by atoms with van der Waals surface area (Å²) in [5, 5.41) is 0.0686. The van der Waals surface area contributed by atoms with Crippen LogP contribution in [-0.4, -0.2) is 21.6 Å². The second-order valence-electron chi connectivity index (χ2n) is 3.05. The monoisotopic (exact) mass is 319 g/mol. The van der Waals surface area contributed by atoms with Crippen LogP contribution in [0.1, 0.15) is 30.8 Å². The van der Waals surface area contributed by atoms with Crippen LogP contribution >= 0.6 is 39.5 Å². The Balaban J connectivity index is 2.90. The van der Waals surface area contributed by atoms with Crippen molar-refractivity contribution in [2.24, 2.45) is 0 Å². The van der Waals surface area contributed by atoms with Gasteiger partial charge in [-0.1, -0.05) is 25.6 Å². The number of halogens is 1. The Morgan fingerprint density at radius 1 is 1.44 bits per heavy atom. The second kappa shape index (κ2) is 7.35. The number of pyridine rings is 1. The zero-order valence-corrected chi connectivity index (χ0v) is 12.5. The number of thioether (sulfide) groups is 2. The lowest BCUT2D eigenvalue weighted by atomic mass is 10.4. The topological polar surface area (TPSA) is 30.0 Å². The zero-order chi connectivity index (χ0) is 12.0. The fourth-order valence-electron chi connectivity index (χ4n) is 1.10. The molecule has 0 unspecified atom stereocenters. The number of carbonyl (C=O) groups excluding carboxylic acids is 1. The first kappa shape index (κ1) is 14.1. The molecule has 0 aromatic carbocycles. The van der Waals surface area contributed by atoms with Crippen molar-refractivity contribution >= 4 is 44.6 Å². The molecular weight excluding hydrogens is 306 g/mol. The van der Waals surface area contributed by atoms with E-state index in [1.165, 1.54) is 11.8 Å². The number of aromatic nitrogens is 1. The van der Waals surface area contributed by atoms with Crippen LogP contribution in [0, 0.1) is 0 Å². The number of nitrogens with zero attached hydrogens (tertiary/aromatic N) is 1. The predicted octanol–water partition coefficient (Wildman–Crippen LogP) is 4.24. The number of hydrogen-bond acceptors (Lipinski definition) is 4. The van der Waals surface area contributed by atoms with Gasteiger partial charge in [0.25, 0.3) is 0 Å². The van der Waals surface area contributed by atoms with Gasteiger partial charge in [0, 0.05) is 10.6 Å². The second-order valence-corrected chi connectivity index (χ2v) is 6.24. The highest BCUT2D eigenvalue weighted by Gasteiger charge is 2.14. The molecule has 0 aliphatic rings. The molecule has 1 heterocycles. The third kappa shape index (κ3) is 4.11. The number of hydrogen-bond donors (Lipinski definition) is 0. The number of carbonyl (C=O) groups is 1. The minimum absolute atomic E-state index is 0.0686. The molecule has 16 heavy (non-hydrogen) atoms. The summed E-state index contributed by atoms with van der Waals surface area (Å²) in [6, 6.07) is 3.82. The first-order chi connectivity index (χ1) is 7.69. The summed E-state index contributed by atoms with van der Waals surface area (Å²) < 4.78 is 0.716. The largest absolute Gasteiger partial charge is 0.280 e. The van der Waals surface area contributed by atoms with Crippen molar-refractivity contribution in [2.45, 2.75) is 25.2 Å². The maximum Gasteiger partial charge on any atom is 0.238 e. The van der Waals surface area contributed by atoms with Gasteiger partial charge in [-0.2, -0.15) is 0 Å². The van der Waals surface area contributed by atoms with Gasteiger partial charge in [0.05, 0.1) is 0 Å². The molecule has 1 rings (SSSR count). The van der Waals surface area contributed by atoms with Gasteiger partial charge in [0.15, 0.2) is 0 Å². The highest BCUT2D eigenvalue weighted by molar-refractivity contribution is 9.10. The smallest absolute Gasteiger partial charge is 0.238 e. The van der Waals surface area contributed by atoms with E-state index in [-0.39, 0.29) is 5.12 Å². The lowest BCUT2D eigenvalue weighted by molar-refractivity contribution is 0.108. The molecule has 0 atom stereocenters. The van der Waals surface area contributed by atoms with E-state index >= 15 is 0 Å². The summed E-state index contributed by atoms with van der Waals surface area (Å²) >= 11 is 6.30. The van der Waals surface area contributed by atoms with E-state index in [0.29, 0.717) is 10.3 Å². The van der Waals surface area contributed by atoms with E-state index in [0.717, 1.165) is 22.8 Å². The molecule has 1 aromatic rings. The van der Waals surface area contributed by atoms with E-state index in [1.54, 1.807) is 11.8 Å².